The first-order valence-electron chi connectivity index (χ1n) is 11.1. The van der Waals surface area contributed by atoms with Gasteiger partial charge in [-0.2, -0.15) is 5.26 Å². The van der Waals surface area contributed by atoms with Gasteiger partial charge in [-0.3, -0.25) is 9.89 Å². The molecule has 1 saturated heterocycles. The molecule has 0 aromatic heterocycles. The molecule has 3 rings (SSSR count). The number of fused-ring (bicyclic) bond motifs is 1. The van der Waals surface area contributed by atoms with Crippen molar-refractivity contribution in [2.75, 3.05) is 65.3 Å². The molecule has 2 aliphatic rings. The number of hydrogen-bond donors (Lipinski definition) is 1. The lowest BCUT2D eigenvalue weighted by Gasteiger charge is -2.33. The number of benzene rings is 1. The van der Waals surface area contributed by atoms with Crippen LogP contribution in [0, 0.1) is 11.3 Å². The van der Waals surface area contributed by atoms with E-state index in [9.17, 15) is 10.4 Å². The van der Waals surface area contributed by atoms with E-state index < -0.39 is 11.4 Å². The molecule has 0 saturated carbocycles. The topological polar surface area (TPSA) is 81.3 Å². The Morgan fingerprint density at radius 3 is 2.48 bits per heavy atom. The summed E-state index contributed by atoms with van der Waals surface area (Å²) in [6, 6.07) is 6.39. The number of aliphatic imine (C=N–C) groups is 1. The molecule has 2 atom stereocenters. The van der Waals surface area contributed by atoms with E-state index in [1.54, 1.807) is 0 Å². The summed E-state index contributed by atoms with van der Waals surface area (Å²) in [5, 5.41) is 20.0. The molecule has 2 unspecified atom stereocenters. The molecule has 1 aromatic carbocycles. The molecule has 1 fully saturated rings. The third-order valence-corrected chi connectivity index (χ3v) is 6.83. The molecular formula is C23H34N4O3S. The van der Waals surface area contributed by atoms with Crippen LogP contribution in [0.15, 0.2) is 17.1 Å². The molecule has 1 aromatic rings. The number of rotatable bonds is 10. The zero-order valence-electron chi connectivity index (χ0n) is 18.8. The fraction of sp³-hybridized carbons (Fsp3) is 0.652. The van der Waals surface area contributed by atoms with E-state index in [0.717, 1.165) is 55.2 Å². The van der Waals surface area contributed by atoms with Crippen LogP contribution in [0.1, 0.15) is 25.0 Å². The second-order valence-electron chi connectivity index (χ2n) is 7.94. The Balaban J connectivity index is 1.67. The van der Waals surface area contributed by atoms with Crippen LogP contribution in [-0.2, 0) is 6.42 Å². The number of aliphatic hydroxyl groups excluding tert-OH is 1. The maximum Gasteiger partial charge on any atom is 0.161 e. The summed E-state index contributed by atoms with van der Waals surface area (Å²) >= 11 is 1.47. The minimum atomic E-state index is -0.466. The van der Waals surface area contributed by atoms with E-state index in [4.69, 9.17) is 14.5 Å². The van der Waals surface area contributed by atoms with E-state index in [0.29, 0.717) is 37.8 Å². The number of hydrogen-bond acceptors (Lipinski definition) is 8. The molecule has 31 heavy (non-hydrogen) atoms. The van der Waals surface area contributed by atoms with Crippen LogP contribution < -0.4 is 9.47 Å². The summed E-state index contributed by atoms with van der Waals surface area (Å²) in [5.74, 6) is 1.94. The zero-order chi connectivity index (χ0) is 22.2. The van der Waals surface area contributed by atoms with Crippen LogP contribution in [0.5, 0.6) is 11.5 Å². The van der Waals surface area contributed by atoms with E-state index in [-0.39, 0.29) is 0 Å². The van der Waals surface area contributed by atoms with Crippen molar-refractivity contribution in [1.82, 2.24) is 9.80 Å². The van der Waals surface area contributed by atoms with Gasteiger partial charge in [0.1, 0.15) is 5.25 Å². The largest absolute Gasteiger partial charge is 0.490 e. The molecule has 0 radical (unpaired) electrons. The summed E-state index contributed by atoms with van der Waals surface area (Å²) in [5.41, 5.74) is 2.88. The Labute approximate surface area is 190 Å². The fourth-order valence-corrected chi connectivity index (χ4v) is 4.91. The Morgan fingerprint density at radius 2 is 1.84 bits per heavy atom. The van der Waals surface area contributed by atoms with Gasteiger partial charge in [0, 0.05) is 50.6 Å². The average Bonchev–Trinajstić information content (AvgIpc) is 2.76. The molecule has 0 bridgehead atoms. The highest BCUT2D eigenvalue weighted by Crippen LogP contribution is 2.35. The lowest BCUT2D eigenvalue weighted by atomic mass is 9.95. The molecule has 2 aliphatic heterocycles. The Hall–Kier alpha value is -1.79. The van der Waals surface area contributed by atoms with Crippen LogP contribution in [0.25, 0.3) is 0 Å². The van der Waals surface area contributed by atoms with Gasteiger partial charge in [0.2, 0.25) is 0 Å². The molecule has 8 heteroatoms. The monoisotopic (exact) mass is 446 g/mol. The van der Waals surface area contributed by atoms with Crippen molar-refractivity contribution in [2.45, 2.75) is 31.6 Å². The highest BCUT2D eigenvalue weighted by atomic mass is 32.2. The van der Waals surface area contributed by atoms with Crippen LogP contribution in [-0.4, -0.2) is 97.3 Å². The second kappa shape index (κ2) is 11.7. The van der Waals surface area contributed by atoms with Gasteiger partial charge in [-0.25, -0.2) is 0 Å². The molecule has 7 nitrogen and oxygen atoms in total. The Kier molecular flexibility index (Phi) is 9.02. The lowest BCUT2D eigenvalue weighted by molar-refractivity contribution is 0.0921. The number of aliphatic hydroxyl groups is 1. The van der Waals surface area contributed by atoms with E-state index in [1.807, 2.05) is 26.0 Å². The predicted octanol–water partition coefficient (Wildman–Crippen LogP) is 2.06. The van der Waals surface area contributed by atoms with E-state index in [2.05, 4.69) is 22.9 Å². The average molecular weight is 447 g/mol. The van der Waals surface area contributed by atoms with Crippen molar-refractivity contribution in [1.29, 1.82) is 5.26 Å². The second-order valence-corrected chi connectivity index (χ2v) is 9.08. The molecule has 1 N–H and O–H groups in total. The maximum atomic E-state index is 10.6. The summed E-state index contributed by atoms with van der Waals surface area (Å²) < 4.78 is 11.5. The van der Waals surface area contributed by atoms with Gasteiger partial charge in [-0.1, -0.05) is 0 Å². The summed E-state index contributed by atoms with van der Waals surface area (Å²) in [6.45, 7) is 10.3. The molecular weight excluding hydrogens is 412 g/mol. The highest BCUT2D eigenvalue weighted by molar-refractivity contribution is 8.00. The number of thioether (sulfide) groups is 1. The number of nitriles is 1. The van der Waals surface area contributed by atoms with Gasteiger partial charge in [-0.05, 0) is 45.0 Å². The van der Waals surface area contributed by atoms with Crippen molar-refractivity contribution in [3.63, 3.8) is 0 Å². The number of nitrogens with zero attached hydrogens (tertiary/aromatic N) is 4. The third kappa shape index (κ3) is 6.36. The van der Waals surface area contributed by atoms with E-state index >= 15 is 0 Å². The van der Waals surface area contributed by atoms with E-state index in [1.165, 1.54) is 11.8 Å². The molecule has 0 aliphatic carbocycles. The first-order valence-corrected chi connectivity index (χ1v) is 12.2. The van der Waals surface area contributed by atoms with Gasteiger partial charge in [-0.15, -0.1) is 11.8 Å². The lowest BCUT2D eigenvalue weighted by Crippen LogP contribution is -2.47. The standard InChI is InChI=1S/C23H34N4O3S/c1-4-29-20-12-17-6-7-25-23(19(17)13-21(20)30-5-2)22(14-24)31-16-18(28)15-27-10-8-26(3)9-11-27/h12-13,18,22,28H,4-11,15-16H2,1-3H3. The minimum absolute atomic E-state index is 0.423. The van der Waals surface area contributed by atoms with Gasteiger partial charge >= 0.3 is 0 Å². The Bertz CT molecular complexity index is 803. The van der Waals surface area contributed by atoms with Crippen LogP contribution >= 0.6 is 11.8 Å². The Morgan fingerprint density at radius 1 is 1.16 bits per heavy atom. The smallest absolute Gasteiger partial charge is 0.161 e. The summed E-state index contributed by atoms with van der Waals surface area (Å²) in [7, 11) is 2.12. The van der Waals surface area contributed by atoms with Crippen molar-refractivity contribution < 1.29 is 14.6 Å². The number of piperazine rings is 1. The number of likely N-dealkylation sites (N-methyl/N-ethyl adjacent to an activating group) is 1. The maximum absolute atomic E-state index is 10.6. The fourth-order valence-electron chi connectivity index (χ4n) is 3.96. The third-order valence-electron chi connectivity index (χ3n) is 5.59. The van der Waals surface area contributed by atoms with Crippen LogP contribution in [0.3, 0.4) is 0 Å². The minimum Gasteiger partial charge on any atom is -0.490 e. The van der Waals surface area contributed by atoms with Crippen molar-refractivity contribution in [3.05, 3.63) is 23.3 Å². The van der Waals surface area contributed by atoms with Crippen molar-refractivity contribution >= 4 is 17.5 Å². The van der Waals surface area contributed by atoms with Gasteiger partial charge in [0.25, 0.3) is 0 Å². The van der Waals surface area contributed by atoms with Crippen molar-refractivity contribution in [2.24, 2.45) is 4.99 Å². The highest BCUT2D eigenvalue weighted by Gasteiger charge is 2.26. The molecule has 170 valence electrons. The first kappa shape index (κ1) is 23.9. The number of β-amino-alcohol motifs (C(OH)–C–C–N with tert-alkyl or cyclic N) is 1. The first-order chi connectivity index (χ1) is 15.0. The summed E-state index contributed by atoms with van der Waals surface area (Å²) in [4.78, 5) is 9.30. The SMILES string of the molecule is CCOc1cc2c(cc1OCC)C(C(C#N)SCC(O)CN1CCN(C)CC1)=NCC2. The van der Waals surface area contributed by atoms with Gasteiger partial charge < -0.3 is 19.5 Å². The summed E-state index contributed by atoms with van der Waals surface area (Å²) in [6.07, 6.45) is 0.354. The van der Waals surface area contributed by atoms with Crippen LogP contribution in [0.4, 0.5) is 0 Å². The van der Waals surface area contributed by atoms with Crippen LogP contribution in [0.2, 0.25) is 0 Å². The normalized spacial score (nSPS) is 19.1. The number of ether oxygens (including phenoxy) is 2. The molecule has 0 spiro atoms. The quantitative estimate of drug-likeness (QED) is 0.589. The molecule has 2 heterocycles. The predicted molar refractivity (Wildman–Crippen MR) is 126 cm³/mol. The van der Waals surface area contributed by atoms with Gasteiger partial charge in [0.05, 0.1) is 31.1 Å². The van der Waals surface area contributed by atoms with Gasteiger partial charge in [0.15, 0.2) is 11.5 Å². The molecule has 0 amide bonds. The van der Waals surface area contributed by atoms with Crippen molar-refractivity contribution in [3.8, 4) is 17.6 Å². The zero-order valence-corrected chi connectivity index (χ0v) is 19.7.